The van der Waals surface area contributed by atoms with E-state index in [4.69, 9.17) is 10.8 Å². The lowest BCUT2D eigenvalue weighted by Gasteiger charge is -2.05. The predicted molar refractivity (Wildman–Crippen MR) is 69.1 cm³/mol. The van der Waals surface area contributed by atoms with Gasteiger partial charge in [0.05, 0.1) is 0 Å². The molecule has 4 N–H and O–H groups in total. The second-order valence-electron chi connectivity index (χ2n) is 4.05. The number of nitrogens with one attached hydrogen (secondary N) is 1. The first-order valence-corrected chi connectivity index (χ1v) is 5.92. The van der Waals surface area contributed by atoms with Gasteiger partial charge in [-0.15, -0.1) is 0 Å². The van der Waals surface area contributed by atoms with Crippen LogP contribution in [0.1, 0.15) is 31.2 Å². The average Bonchev–Trinajstić information content (AvgIpc) is 2.35. The van der Waals surface area contributed by atoms with E-state index in [2.05, 4.69) is 5.32 Å². The zero-order valence-corrected chi connectivity index (χ0v) is 10.2. The number of carbonyl (C=O) groups is 2. The molecule has 5 nitrogen and oxygen atoms in total. The largest absolute Gasteiger partial charge is 0.481 e. The summed E-state index contributed by atoms with van der Waals surface area (Å²) < 4.78 is 0. The van der Waals surface area contributed by atoms with Crippen molar-refractivity contribution in [1.29, 1.82) is 0 Å². The van der Waals surface area contributed by atoms with Crippen molar-refractivity contribution >= 4 is 17.6 Å². The summed E-state index contributed by atoms with van der Waals surface area (Å²) in [5, 5.41) is 11.2. The number of rotatable bonds is 7. The number of nitrogens with two attached hydrogens (primary N) is 1. The summed E-state index contributed by atoms with van der Waals surface area (Å²) in [4.78, 5) is 21.8. The standard InChI is InChI=1S/C13H18N2O3/c14-9-10-5-7-11(8-6-10)15-12(16)3-1-2-4-13(17)18/h5-8H,1-4,9,14H2,(H,15,16)(H,17,18). The van der Waals surface area contributed by atoms with Gasteiger partial charge in [-0.2, -0.15) is 0 Å². The molecule has 0 aliphatic heterocycles. The van der Waals surface area contributed by atoms with Crippen LogP contribution in [-0.2, 0) is 16.1 Å². The van der Waals surface area contributed by atoms with E-state index >= 15 is 0 Å². The van der Waals surface area contributed by atoms with E-state index in [-0.39, 0.29) is 12.3 Å². The highest BCUT2D eigenvalue weighted by Gasteiger charge is 2.03. The molecule has 0 aliphatic carbocycles. The van der Waals surface area contributed by atoms with Gasteiger partial charge in [-0.1, -0.05) is 12.1 Å². The van der Waals surface area contributed by atoms with Gasteiger partial charge in [0.2, 0.25) is 5.91 Å². The van der Waals surface area contributed by atoms with Gasteiger partial charge in [-0.05, 0) is 30.5 Å². The Hall–Kier alpha value is -1.88. The maximum Gasteiger partial charge on any atom is 0.303 e. The fourth-order valence-electron chi connectivity index (χ4n) is 1.51. The topological polar surface area (TPSA) is 92.4 Å². The van der Waals surface area contributed by atoms with E-state index in [0.717, 1.165) is 11.3 Å². The number of unbranched alkanes of at least 4 members (excludes halogenated alkanes) is 1. The van der Waals surface area contributed by atoms with Gasteiger partial charge in [-0.25, -0.2) is 0 Å². The van der Waals surface area contributed by atoms with E-state index in [1.807, 2.05) is 12.1 Å². The highest BCUT2D eigenvalue weighted by molar-refractivity contribution is 5.90. The minimum atomic E-state index is -0.826. The molecule has 0 saturated carbocycles. The van der Waals surface area contributed by atoms with Gasteiger partial charge >= 0.3 is 5.97 Å². The molecule has 0 radical (unpaired) electrons. The Kier molecular flexibility index (Phi) is 5.87. The summed E-state index contributed by atoms with van der Waals surface area (Å²) in [5.74, 6) is -0.923. The smallest absolute Gasteiger partial charge is 0.303 e. The number of benzene rings is 1. The molecule has 0 aromatic heterocycles. The fourth-order valence-corrected chi connectivity index (χ4v) is 1.51. The van der Waals surface area contributed by atoms with Crippen LogP contribution in [-0.4, -0.2) is 17.0 Å². The van der Waals surface area contributed by atoms with Crippen LogP contribution in [0, 0.1) is 0 Å². The molecule has 1 aromatic carbocycles. The molecule has 18 heavy (non-hydrogen) atoms. The average molecular weight is 250 g/mol. The summed E-state index contributed by atoms with van der Waals surface area (Å²) in [5.41, 5.74) is 7.21. The van der Waals surface area contributed by atoms with E-state index in [9.17, 15) is 9.59 Å². The molecule has 0 unspecified atom stereocenters. The molecular formula is C13H18N2O3. The molecule has 1 aromatic rings. The molecule has 0 spiro atoms. The third-order valence-corrected chi connectivity index (χ3v) is 2.52. The highest BCUT2D eigenvalue weighted by Crippen LogP contribution is 2.10. The molecule has 0 bridgehead atoms. The van der Waals surface area contributed by atoms with Crippen molar-refractivity contribution in [2.24, 2.45) is 5.73 Å². The van der Waals surface area contributed by atoms with Crippen LogP contribution in [0.4, 0.5) is 5.69 Å². The first-order chi connectivity index (χ1) is 8.61. The number of amides is 1. The molecule has 5 heteroatoms. The number of carboxylic acid groups (broad SMARTS) is 1. The third kappa shape index (κ3) is 5.45. The van der Waals surface area contributed by atoms with Gasteiger partial charge in [0.25, 0.3) is 0 Å². The molecule has 98 valence electrons. The Bertz CT molecular complexity index is 401. The van der Waals surface area contributed by atoms with Crippen LogP contribution in [0.2, 0.25) is 0 Å². The minimum absolute atomic E-state index is 0.0964. The van der Waals surface area contributed by atoms with E-state index < -0.39 is 5.97 Å². The summed E-state index contributed by atoms with van der Waals surface area (Å²) >= 11 is 0. The second-order valence-corrected chi connectivity index (χ2v) is 4.05. The van der Waals surface area contributed by atoms with Gasteiger partial charge in [-0.3, -0.25) is 9.59 Å². The molecule has 1 amide bonds. The second kappa shape index (κ2) is 7.45. The Labute approximate surface area is 106 Å². The Morgan fingerprint density at radius 3 is 2.28 bits per heavy atom. The molecule has 0 atom stereocenters. The number of anilines is 1. The molecular weight excluding hydrogens is 232 g/mol. The van der Waals surface area contributed by atoms with Gasteiger partial charge in [0.1, 0.15) is 0 Å². The van der Waals surface area contributed by atoms with Crippen molar-refractivity contribution in [3.05, 3.63) is 29.8 Å². The lowest BCUT2D eigenvalue weighted by molar-refractivity contribution is -0.137. The highest BCUT2D eigenvalue weighted by atomic mass is 16.4. The number of hydrogen-bond donors (Lipinski definition) is 3. The van der Waals surface area contributed by atoms with E-state index in [1.165, 1.54) is 0 Å². The van der Waals surface area contributed by atoms with Crippen LogP contribution in [0.25, 0.3) is 0 Å². The van der Waals surface area contributed by atoms with Crippen LogP contribution in [0.5, 0.6) is 0 Å². The van der Waals surface area contributed by atoms with E-state index in [0.29, 0.717) is 25.8 Å². The van der Waals surface area contributed by atoms with Crippen molar-refractivity contribution in [3.8, 4) is 0 Å². The predicted octanol–water partition coefficient (Wildman–Crippen LogP) is 1.73. The minimum Gasteiger partial charge on any atom is -0.481 e. The monoisotopic (exact) mass is 250 g/mol. The molecule has 0 aliphatic rings. The van der Waals surface area contributed by atoms with Crippen molar-refractivity contribution in [2.75, 3.05) is 5.32 Å². The zero-order valence-electron chi connectivity index (χ0n) is 10.2. The molecule has 1 rings (SSSR count). The molecule has 0 heterocycles. The maximum absolute atomic E-state index is 11.5. The Morgan fingerprint density at radius 2 is 1.72 bits per heavy atom. The summed E-state index contributed by atoms with van der Waals surface area (Å²) in [7, 11) is 0. The summed E-state index contributed by atoms with van der Waals surface area (Å²) in [6.07, 6.45) is 1.55. The Morgan fingerprint density at radius 1 is 1.11 bits per heavy atom. The first-order valence-electron chi connectivity index (χ1n) is 5.92. The summed E-state index contributed by atoms with van der Waals surface area (Å²) in [6.45, 7) is 0.476. The van der Waals surface area contributed by atoms with Gasteiger partial charge < -0.3 is 16.2 Å². The quantitative estimate of drug-likeness (QED) is 0.642. The zero-order chi connectivity index (χ0) is 13.4. The van der Waals surface area contributed by atoms with Crippen LogP contribution < -0.4 is 11.1 Å². The van der Waals surface area contributed by atoms with Crippen molar-refractivity contribution < 1.29 is 14.7 Å². The van der Waals surface area contributed by atoms with Crippen LogP contribution in [0.15, 0.2) is 24.3 Å². The molecule has 0 fully saturated rings. The van der Waals surface area contributed by atoms with E-state index in [1.54, 1.807) is 12.1 Å². The van der Waals surface area contributed by atoms with Crippen LogP contribution >= 0.6 is 0 Å². The van der Waals surface area contributed by atoms with Crippen molar-refractivity contribution in [2.45, 2.75) is 32.2 Å². The maximum atomic E-state index is 11.5. The molecule has 0 saturated heterocycles. The SMILES string of the molecule is NCc1ccc(NC(=O)CCCCC(=O)O)cc1. The third-order valence-electron chi connectivity index (χ3n) is 2.52. The normalized spacial score (nSPS) is 10.1. The number of carboxylic acids is 1. The fraction of sp³-hybridized carbons (Fsp3) is 0.385. The number of hydrogen-bond acceptors (Lipinski definition) is 3. The summed E-state index contributed by atoms with van der Waals surface area (Å²) in [6, 6.07) is 7.33. The first kappa shape index (κ1) is 14.2. The van der Waals surface area contributed by atoms with Crippen LogP contribution in [0.3, 0.4) is 0 Å². The lowest BCUT2D eigenvalue weighted by atomic mass is 10.1. The van der Waals surface area contributed by atoms with Gasteiger partial charge in [0.15, 0.2) is 0 Å². The van der Waals surface area contributed by atoms with Gasteiger partial charge in [0, 0.05) is 25.1 Å². The Balaban J connectivity index is 2.28. The lowest BCUT2D eigenvalue weighted by Crippen LogP contribution is -2.11. The number of aliphatic carboxylic acids is 1. The van der Waals surface area contributed by atoms with Crippen molar-refractivity contribution in [1.82, 2.24) is 0 Å². The van der Waals surface area contributed by atoms with Crippen molar-refractivity contribution in [3.63, 3.8) is 0 Å². The number of carbonyl (C=O) groups excluding carboxylic acids is 1.